The fourth-order valence-corrected chi connectivity index (χ4v) is 1.60. The van der Waals surface area contributed by atoms with E-state index in [9.17, 15) is 0 Å². The van der Waals surface area contributed by atoms with E-state index in [0.717, 1.165) is 11.1 Å². The highest BCUT2D eigenvalue weighted by atomic mass is 16.5. The lowest BCUT2D eigenvalue weighted by atomic mass is 10.1. The first-order valence-corrected chi connectivity index (χ1v) is 5.25. The lowest BCUT2D eigenvalue weighted by Gasteiger charge is -2.08. The maximum Gasteiger partial charge on any atom is 0.127 e. The topological polar surface area (TPSA) is 18.5 Å². The van der Waals surface area contributed by atoms with Crippen molar-refractivity contribution in [2.45, 2.75) is 0 Å². The van der Waals surface area contributed by atoms with Crippen LogP contribution >= 0.6 is 0 Å². The molecule has 82 valence electrons. The predicted octanol–water partition coefficient (Wildman–Crippen LogP) is 3.38. The average molecular weight is 214 g/mol. The average Bonchev–Trinajstić information content (AvgIpc) is 2.35. The molecule has 0 aliphatic carbocycles. The van der Waals surface area contributed by atoms with Crippen LogP contribution in [0.5, 0.6) is 5.75 Å². The van der Waals surface area contributed by atoms with E-state index < -0.39 is 0 Å². The van der Waals surface area contributed by atoms with Gasteiger partial charge in [-0.25, -0.2) is 0 Å². The standard InChI is InChI=1S/C14H14O2/c1-2-15-10-11-16-14-9-5-7-12-6-3-4-8-13(12)14/h2-9H,1,10-11H2. The van der Waals surface area contributed by atoms with Crippen LogP contribution in [0.2, 0.25) is 0 Å². The largest absolute Gasteiger partial charge is 0.498 e. The molecule has 0 bridgehead atoms. The minimum atomic E-state index is 0.521. The van der Waals surface area contributed by atoms with Crippen molar-refractivity contribution in [1.82, 2.24) is 0 Å². The molecular weight excluding hydrogens is 200 g/mol. The zero-order valence-electron chi connectivity index (χ0n) is 9.06. The summed E-state index contributed by atoms with van der Waals surface area (Å²) in [7, 11) is 0. The summed E-state index contributed by atoms with van der Waals surface area (Å²) in [6.07, 6.45) is 1.42. The fraction of sp³-hybridized carbons (Fsp3) is 0.143. The molecule has 0 N–H and O–H groups in total. The van der Waals surface area contributed by atoms with Gasteiger partial charge in [0.25, 0.3) is 0 Å². The SMILES string of the molecule is C=COCCOc1cccc2ccccc12. The first kappa shape index (κ1) is 10.6. The molecule has 0 unspecified atom stereocenters. The van der Waals surface area contributed by atoms with Gasteiger partial charge >= 0.3 is 0 Å². The second kappa shape index (κ2) is 5.21. The van der Waals surface area contributed by atoms with Gasteiger partial charge in [0.15, 0.2) is 0 Å². The van der Waals surface area contributed by atoms with Gasteiger partial charge in [-0.05, 0) is 11.5 Å². The van der Waals surface area contributed by atoms with Crippen LogP contribution in [0.15, 0.2) is 55.3 Å². The van der Waals surface area contributed by atoms with E-state index in [1.165, 1.54) is 11.6 Å². The van der Waals surface area contributed by atoms with Gasteiger partial charge < -0.3 is 9.47 Å². The summed E-state index contributed by atoms with van der Waals surface area (Å²) in [5.74, 6) is 0.894. The van der Waals surface area contributed by atoms with Crippen LogP contribution in [0, 0.1) is 0 Å². The van der Waals surface area contributed by atoms with Crippen LogP contribution in [-0.2, 0) is 4.74 Å². The van der Waals surface area contributed by atoms with Crippen LogP contribution in [0.3, 0.4) is 0 Å². The summed E-state index contributed by atoms with van der Waals surface area (Å²) in [5, 5.41) is 2.31. The smallest absolute Gasteiger partial charge is 0.127 e. The number of benzene rings is 2. The third-order valence-electron chi connectivity index (χ3n) is 2.33. The maximum absolute atomic E-state index is 5.65. The van der Waals surface area contributed by atoms with Gasteiger partial charge in [0.2, 0.25) is 0 Å². The Hall–Kier alpha value is -1.96. The Kier molecular flexibility index (Phi) is 3.44. The van der Waals surface area contributed by atoms with Gasteiger partial charge in [-0.1, -0.05) is 43.0 Å². The number of rotatable bonds is 5. The van der Waals surface area contributed by atoms with Gasteiger partial charge in [-0.3, -0.25) is 0 Å². The molecule has 0 saturated carbocycles. The first-order chi connectivity index (χ1) is 7.92. The van der Waals surface area contributed by atoms with Crippen LogP contribution in [0.1, 0.15) is 0 Å². The van der Waals surface area contributed by atoms with E-state index in [-0.39, 0.29) is 0 Å². The summed E-state index contributed by atoms with van der Waals surface area (Å²) < 4.78 is 10.7. The number of hydrogen-bond donors (Lipinski definition) is 0. The van der Waals surface area contributed by atoms with E-state index in [2.05, 4.69) is 24.8 Å². The zero-order valence-corrected chi connectivity index (χ0v) is 9.06. The minimum absolute atomic E-state index is 0.521. The monoisotopic (exact) mass is 214 g/mol. The third kappa shape index (κ3) is 2.34. The predicted molar refractivity (Wildman–Crippen MR) is 65.6 cm³/mol. The minimum Gasteiger partial charge on any atom is -0.498 e. The molecule has 0 radical (unpaired) electrons. The van der Waals surface area contributed by atoms with Crippen molar-refractivity contribution in [2.24, 2.45) is 0 Å². The molecule has 2 heteroatoms. The molecular formula is C14H14O2. The fourth-order valence-electron chi connectivity index (χ4n) is 1.60. The molecule has 2 nitrogen and oxygen atoms in total. The van der Waals surface area contributed by atoms with Crippen LogP contribution in [-0.4, -0.2) is 13.2 Å². The van der Waals surface area contributed by atoms with Gasteiger partial charge in [0, 0.05) is 5.39 Å². The number of ether oxygens (including phenoxy) is 2. The lowest BCUT2D eigenvalue weighted by Crippen LogP contribution is -2.03. The molecule has 0 saturated heterocycles. The highest BCUT2D eigenvalue weighted by Gasteiger charge is 2.00. The molecule has 0 spiro atoms. The number of fused-ring (bicyclic) bond motifs is 1. The van der Waals surface area contributed by atoms with Gasteiger partial charge in [-0.2, -0.15) is 0 Å². The summed E-state index contributed by atoms with van der Waals surface area (Å²) in [5.41, 5.74) is 0. The van der Waals surface area contributed by atoms with E-state index >= 15 is 0 Å². The molecule has 0 atom stereocenters. The first-order valence-electron chi connectivity index (χ1n) is 5.25. The van der Waals surface area contributed by atoms with Crippen molar-refractivity contribution < 1.29 is 9.47 Å². The summed E-state index contributed by atoms with van der Waals surface area (Å²) >= 11 is 0. The van der Waals surface area contributed by atoms with Crippen molar-refractivity contribution in [2.75, 3.05) is 13.2 Å². The second-order valence-corrected chi connectivity index (χ2v) is 3.36. The van der Waals surface area contributed by atoms with Crippen LogP contribution in [0.25, 0.3) is 10.8 Å². The zero-order chi connectivity index (χ0) is 11.2. The van der Waals surface area contributed by atoms with Gasteiger partial charge in [0.05, 0.1) is 6.26 Å². The van der Waals surface area contributed by atoms with E-state index in [4.69, 9.17) is 9.47 Å². The summed E-state index contributed by atoms with van der Waals surface area (Å²) in [6.45, 7) is 4.53. The number of hydrogen-bond acceptors (Lipinski definition) is 2. The van der Waals surface area contributed by atoms with Crippen LogP contribution < -0.4 is 4.74 Å². The molecule has 2 aromatic carbocycles. The van der Waals surface area contributed by atoms with E-state index in [0.29, 0.717) is 13.2 Å². The highest BCUT2D eigenvalue weighted by molar-refractivity contribution is 5.88. The molecule has 2 rings (SSSR count). The Bertz CT molecular complexity index is 472. The van der Waals surface area contributed by atoms with E-state index in [1.54, 1.807) is 0 Å². The molecule has 16 heavy (non-hydrogen) atoms. The molecule has 0 aromatic heterocycles. The van der Waals surface area contributed by atoms with Crippen molar-refractivity contribution in [3.05, 3.63) is 55.3 Å². The highest BCUT2D eigenvalue weighted by Crippen LogP contribution is 2.24. The molecule has 0 aliphatic rings. The maximum atomic E-state index is 5.65. The normalized spacial score (nSPS) is 10.0. The molecule has 0 fully saturated rings. The Balaban J connectivity index is 2.14. The van der Waals surface area contributed by atoms with Crippen LogP contribution in [0.4, 0.5) is 0 Å². The molecule has 2 aromatic rings. The molecule has 0 aliphatic heterocycles. The van der Waals surface area contributed by atoms with E-state index in [1.807, 2.05) is 24.3 Å². The Morgan fingerprint density at radius 2 is 1.81 bits per heavy atom. The van der Waals surface area contributed by atoms with Crippen molar-refractivity contribution in [1.29, 1.82) is 0 Å². The second-order valence-electron chi connectivity index (χ2n) is 3.36. The van der Waals surface area contributed by atoms with Gasteiger partial charge in [-0.15, -0.1) is 0 Å². The third-order valence-corrected chi connectivity index (χ3v) is 2.33. The van der Waals surface area contributed by atoms with Crippen molar-refractivity contribution in [3.63, 3.8) is 0 Å². The lowest BCUT2D eigenvalue weighted by molar-refractivity contribution is 0.181. The molecule has 0 heterocycles. The Morgan fingerprint density at radius 1 is 1.00 bits per heavy atom. The Morgan fingerprint density at radius 3 is 2.69 bits per heavy atom. The van der Waals surface area contributed by atoms with Crippen molar-refractivity contribution in [3.8, 4) is 5.75 Å². The Labute approximate surface area is 95.1 Å². The molecule has 0 amide bonds. The van der Waals surface area contributed by atoms with Gasteiger partial charge in [0.1, 0.15) is 19.0 Å². The summed E-state index contributed by atoms with van der Waals surface area (Å²) in [4.78, 5) is 0. The van der Waals surface area contributed by atoms with Crippen molar-refractivity contribution >= 4 is 10.8 Å². The summed E-state index contributed by atoms with van der Waals surface area (Å²) in [6, 6.07) is 14.2. The quantitative estimate of drug-likeness (QED) is 0.561.